The van der Waals surface area contributed by atoms with Gasteiger partial charge < -0.3 is 20.1 Å². The summed E-state index contributed by atoms with van der Waals surface area (Å²) in [5.41, 5.74) is 0. The molecule has 1 saturated heterocycles. The summed E-state index contributed by atoms with van der Waals surface area (Å²) < 4.78 is 5.08. The summed E-state index contributed by atoms with van der Waals surface area (Å²) in [6.45, 7) is 1.12. The molecule has 110 valence electrons. The average molecular weight is 283 g/mol. The molecule has 20 heavy (non-hydrogen) atoms. The van der Waals surface area contributed by atoms with Gasteiger partial charge in [0.05, 0.1) is 13.2 Å². The molecule has 0 aliphatic carbocycles. The third-order valence-electron chi connectivity index (χ3n) is 3.01. The van der Waals surface area contributed by atoms with Gasteiger partial charge in [0, 0.05) is 19.5 Å². The molecule has 3 N–H and O–H groups in total. The Balaban J connectivity index is 1.74. The summed E-state index contributed by atoms with van der Waals surface area (Å²) in [6.07, 6.45) is 2.80. The zero-order chi connectivity index (χ0) is 14.4. The first-order valence-electron chi connectivity index (χ1n) is 6.37. The van der Waals surface area contributed by atoms with Crippen LogP contribution in [0.4, 0.5) is 4.79 Å². The van der Waals surface area contributed by atoms with Gasteiger partial charge in [-0.1, -0.05) is 0 Å². The standard InChI is InChI=1S/C11H17N5O4/c17-10(18)8-6-20-5-4-16(8)11(19)12-3-1-2-9-13-7-14-15-9/h7-8H,1-6H2,(H,12,19)(H,17,18)(H,13,14,15). The first-order chi connectivity index (χ1) is 9.68. The van der Waals surface area contributed by atoms with Crippen molar-refractivity contribution in [1.29, 1.82) is 0 Å². The summed E-state index contributed by atoms with van der Waals surface area (Å²) in [7, 11) is 0. The van der Waals surface area contributed by atoms with Crippen molar-refractivity contribution in [3.63, 3.8) is 0 Å². The molecule has 0 spiro atoms. The van der Waals surface area contributed by atoms with Gasteiger partial charge in [-0.05, 0) is 6.42 Å². The van der Waals surface area contributed by atoms with Gasteiger partial charge in [-0.25, -0.2) is 14.6 Å². The maximum Gasteiger partial charge on any atom is 0.328 e. The summed E-state index contributed by atoms with van der Waals surface area (Å²) >= 11 is 0. The Labute approximate surface area is 115 Å². The second kappa shape index (κ2) is 6.85. The lowest BCUT2D eigenvalue weighted by Crippen LogP contribution is -2.55. The number of rotatable bonds is 5. The van der Waals surface area contributed by atoms with Gasteiger partial charge >= 0.3 is 12.0 Å². The lowest BCUT2D eigenvalue weighted by atomic mass is 10.2. The molecule has 1 aromatic heterocycles. The van der Waals surface area contributed by atoms with Gasteiger partial charge in [0.25, 0.3) is 0 Å². The molecule has 0 saturated carbocycles. The number of carboxylic acid groups (broad SMARTS) is 1. The number of nitrogens with one attached hydrogen (secondary N) is 2. The molecule has 2 heterocycles. The van der Waals surface area contributed by atoms with Crippen LogP contribution in [0.1, 0.15) is 12.2 Å². The fourth-order valence-corrected chi connectivity index (χ4v) is 1.96. The number of carbonyl (C=O) groups is 2. The summed E-state index contributed by atoms with van der Waals surface area (Å²) in [5.74, 6) is -0.296. The molecule has 9 nitrogen and oxygen atoms in total. The zero-order valence-electron chi connectivity index (χ0n) is 10.9. The molecule has 1 unspecified atom stereocenters. The third kappa shape index (κ3) is 3.67. The van der Waals surface area contributed by atoms with Crippen molar-refractivity contribution < 1.29 is 19.4 Å². The number of aryl methyl sites for hydroxylation is 1. The summed E-state index contributed by atoms with van der Waals surface area (Å²) in [6, 6.07) is -1.30. The zero-order valence-corrected chi connectivity index (χ0v) is 10.9. The summed E-state index contributed by atoms with van der Waals surface area (Å²) in [4.78, 5) is 28.2. The number of carboxylic acids is 1. The van der Waals surface area contributed by atoms with Crippen molar-refractivity contribution in [2.75, 3.05) is 26.3 Å². The minimum absolute atomic E-state index is 0.0286. The van der Waals surface area contributed by atoms with Crippen LogP contribution in [0.3, 0.4) is 0 Å². The van der Waals surface area contributed by atoms with Gasteiger partial charge in [-0.15, -0.1) is 0 Å². The number of aliphatic carboxylic acids is 1. The van der Waals surface area contributed by atoms with Crippen LogP contribution in [0.5, 0.6) is 0 Å². The van der Waals surface area contributed by atoms with E-state index >= 15 is 0 Å². The first kappa shape index (κ1) is 14.3. The maximum absolute atomic E-state index is 11.9. The van der Waals surface area contributed by atoms with Crippen LogP contribution in [-0.2, 0) is 16.0 Å². The predicted octanol–water partition coefficient (Wildman–Crippen LogP) is -0.768. The van der Waals surface area contributed by atoms with Crippen LogP contribution in [0, 0.1) is 0 Å². The van der Waals surface area contributed by atoms with Crippen molar-refractivity contribution in [2.24, 2.45) is 0 Å². The molecule has 0 radical (unpaired) electrons. The van der Waals surface area contributed by atoms with E-state index in [4.69, 9.17) is 9.84 Å². The quantitative estimate of drug-likeness (QED) is 0.610. The molecule has 0 aromatic carbocycles. The monoisotopic (exact) mass is 283 g/mol. The maximum atomic E-state index is 11.9. The molecule has 1 aliphatic heterocycles. The molecule has 2 rings (SSSR count). The molecule has 2 amide bonds. The number of ether oxygens (including phenoxy) is 1. The van der Waals surface area contributed by atoms with Crippen molar-refractivity contribution in [3.05, 3.63) is 12.2 Å². The first-order valence-corrected chi connectivity index (χ1v) is 6.37. The lowest BCUT2D eigenvalue weighted by Gasteiger charge is -2.32. The van der Waals surface area contributed by atoms with E-state index in [0.29, 0.717) is 26.0 Å². The number of amides is 2. The Morgan fingerprint density at radius 3 is 3.15 bits per heavy atom. The number of morpholine rings is 1. The van der Waals surface area contributed by atoms with Crippen LogP contribution in [-0.4, -0.2) is 69.5 Å². The molecule has 1 atom stereocenters. The number of aromatic amines is 1. The smallest absolute Gasteiger partial charge is 0.328 e. The number of H-pyrrole nitrogens is 1. The Hall–Kier alpha value is -2.16. The topological polar surface area (TPSA) is 120 Å². The van der Waals surface area contributed by atoms with E-state index in [1.165, 1.54) is 11.2 Å². The van der Waals surface area contributed by atoms with E-state index in [1.807, 2.05) is 0 Å². The second-order valence-electron chi connectivity index (χ2n) is 4.39. The third-order valence-corrected chi connectivity index (χ3v) is 3.01. The fourth-order valence-electron chi connectivity index (χ4n) is 1.96. The van der Waals surface area contributed by atoms with Gasteiger partial charge in [0.2, 0.25) is 0 Å². The van der Waals surface area contributed by atoms with E-state index in [9.17, 15) is 9.59 Å². The average Bonchev–Trinajstić information content (AvgIpc) is 2.96. The summed E-state index contributed by atoms with van der Waals surface area (Å²) in [5, 5.41) is 18.2. The predicted molar refractivity (Wildman–Crippen MR) is 67.1 cm³/mol. The molecule has 0 bridgehead atoms. The number of hydrogen-bond donors (Lipinski definition) is 3. The molecule has 1 aliphatic rings. The van der Waals surface area contributed by atoms with E-state index in [2.05, 4.69) is 20.5 Å². The van der Waals surface area contributed by atoms with Crippen molar-refractivity contribution >= 4 is 12.0 Å². The number of hydrogen-bond acceptors (Lipinski definition) is 5. The minimum atomic E-state index is -1.05. The Morgan fingerprint density at radius 2 is 2.45 bits per heavy atom. The van der Waals surface area contributed by atoms with Gasteiger partial charge in [-0.2, -0.15) is 5.10 Å². The number of nitrogens with zero attached hydrogens (tertiary/aromatic N) is 3. The Morgan fingerprint density at radius 1 is 1.60 bits per heavy atom. The molecule has 1 aromatic rings. The van der Waals surface area contributed by atoms with Gasteiger partial charge in [-0.3, -0.25) is 5.10 Å². The SMILES string of the molecule is O=C(O)C1COCCN1C(=O)NCCCc1ncn[nH]1. The molecule has 9 heteroatoms. The largest absolute Gasteiger partial charge is 0.480 e. The highest BCUT2D eigenvalue weighted by Crippen LogP contribution is 2.07. The van der Waals surface area contributed by atoms with E-state index in [0.717, 1.165) is 5.82 Å². The molecular formula is C11H17N5O4. The van der Waals surface area contributed by atoms with E-state index in [-0.39, 0.29) is 19.2 Å². The Bertz CT molecular complexity index is 450. The van der Waals surface area contributed by atoms with Crippen LogP contribution < -0.4 is 5.32 Å². The highest BCUT2D eigenvalue weighted by molar-refractivity contribution is 5.82. The Kier molecular flexibility index (Phi) is 4.88. The minimum Gasteiger partial charge on any atom is -0.480 e. The lowest BCUT2D eigenvalue weighted by molar-refractivity contribution is -0.147. The van der Waals surface area contributed by atoms with Gasteiger partial charge in [0.15, 0.2) is 6.04 Å². The molecular weight excluding hydrogens is 266 g/mol. The fraction of sp³-hybridized carbons (Fsp3) is 0.636. The second-order valence-corrected chi connectivity index (χ2v) is 4.39. The molecule has 1 fully saturated rings. The van der Waals surface area contributed by atoms with Crippen LogP contribution in [0.2, 0.25) is 0 Å². The van der Waals surface area contributed by atoms with Crippen molar-refractivity contribution in [1.82, 2.24) is 25.4 Å². The number of carbonyl (C=O) groups excluding carboxylic acids is 1. The van der Waals surface area contributed by atoms with Gasteiger partial charge in [0.1, 0.15) is 12.2 Å². The normalized spacial score (nSPS) is 18.8. The van der Waals surface area contributed by atoms with Crippen molar-refractivity contribution in [2.45, 2.75) is 18.9 Å². The number of urea groups is 1. The van der Waals surface area contributed by atoms with E-state index < -0.39 is 12.0 Å². The van der Waals surface area contributed by atoms with E-state index in [1.54, 1.807) is 0 Å². The van der Waals surface area contributed by atoms with Crippen molar-refractivity contribution in [3.8, 4) is 0 Å². The van der Waals surface area contributed by atoms with Crippen LogP contribution in [0.15, 0.2) is 6.33 Å². The highest BCUT2D eigenvalue weighted by Gasteiger charge is 2.32. The highest BCUT2D eigenvalue weighted by atomic mass is 16.5. The number of aromatic nitrogens is 3. The van der Waals surface area contributed by atoms with Crippen LogP contribution >= 0.6 is 0 Å². The van der Waals surface area contributed by atoms with Crippen LogP contribution in [0.25, 0.3) is 0 Å².